The van der Waals surface area contributed by atoms with E-state index in [2.05, 4.69) is 6.92 Å². The molecule has 1 N–H and O–H groups in total. The SMILES string of the molecule is CCCC1CCC(C2=C(c3c(F)cccc3F)C(=O)OC2(C)O)CC1. The van der Waals surface area contributed by atoms with E-state index in [1.165, 1.54) is 13.0 Å². The predicted octanol–water partition coefficient (Wildman–Crippen LogP) is 4.59. The largest absolute Gasteiger partial charge is 0.426 e. The van der Waals surface area contributed by atoms with Gasteiger partial charge >= 0.3 is 5.97 Å². The Bertz CT molecular complexity index is 681. The first kappa shape index (κ1) is 18.1. The van der Waals surface area contributed by atoms with Crippen LogP contribution in [0, 0.1) is 23.5 Å². The lowest BCUT2D eigenvalue weighted by molar-refractivity contribution is -0.176. The van der Waals surface area contributed by atoms with Crippen LogP contribution in [-0.2, 0) is 9.53 Å². The van der Waals surface area contributed by atoms with E-state index in [0.717, 1.165) is 50.7 Å². The second-order valence-electron chi connectivity index (χ2n) is 7.26. The van der Waals surface area contributed by atoms with Crippen molar-refractivity contribution in [2.24, 2.45) is 11.8 Å². The monoisotopic (exact) mass is 350 g/mol. The predicted molar refractivity (Wildman–Crippen MR) is 90.3 cm³/mol. The van der Waals surface area contributed by atoms with Crippen LogP contribution >= 0.6 is 0 Å². The van der Waals surface area contributed by atoms with E-state index in [9.17, 15) is 18.7 Å². The van der Waals surface area contributed by atoms with E-state index in [1.54, 1.807) is 0 Å². The molecule has 25 heavy (non-hydrogen) atoms. The van der Waals surface area contributed by atoms with Gasteiger partial charge in [0.2, 0.25) is 5.79 Å². The highest BCUT2D eigenvalue weighted by Crippen LogP contribution is 2.47. The first-order valence-electron chi connectivity index (χ1n) is 8.99. The minimum atomic E-state index is -1.82. The number of rotatable bonds is 4. The number of halogens is 2. The molecular weight excluding hydrogens is 326 g/mol. The normalized spacial score (nSPS) is 29.9. The van der Waals surface area contributed by atoms with Crippen LogP contribution in [0.3, 0.4) is 0 Å². The van der Waals surface area contributed by atoms with Gasteiger partial charge < -0.3 is 9.84 Å². The molecule has 1 aliphatic heterocycles. The Balaban J connectivity index is 2.03. The number of carbonyl (C=O) groups excluding carboxylic acids is 1. The standard InChI is InChI=1S/C20H24F2O3/c1-3-5-12-8-10-13(11-9-12)18-17(19(23)25-20(18,2)24)16-14(21)6-4-7-15(16)22/h4,6-7,12-13,24H,3,5,8-11H2,1-2H3. The topological polar surface area (TPSA) is 46.5 Å². The highest BCUT2D eigenvalue weighted by atomic mass is 19.1. The van der Waals surface area contributed by atoms with Gasteiger partial charge in [0.15, 0.2) is 0 Å². The van der Waals surface area contributed by atoms with Crippen LogP contribution in [0.4, 0.5) is 8.78 Å². The summed E-state index contributed by atoms with van der Waals surface area (Å²) >= 11 is 0. The zero-order chi connectivity index (χ0) is 18.2. The average Bonchev–Trinajstić information content (AvgIpc) is 2.77. The molecule has 3 nitrogen and oxygen atoms in total. The quantitative estimate of drug-likeness (QED) is 0.808. The fourth-order valence-corrected chi connectivity index (χ4v) is 4.33. The number of carbonyl (C=O) groups is 1. The number of ether oxygens (including phenoxy) is 1. The van der Waals surface area contributed by atoms with Gasteiger partial charge in [0.05, 0.1) is 11.1 Å². The van der Waals surface area contributed by atoms with Crippen molar-refractivity contribution < 1.29 is 23.4 Å². The van der Waals surface area contributed by atoms with Gasteiger partial charge in [-0.05, 0) is 49.7 Å². The van der Waals surface area contributed by atoms with Gasteiger partial charge in [-0.3, -0.25) is 0 Å². The second kappa shape index (κ2) is 6.87. The third-order valence-corrected chi connectivity index (χ3v) is 5.43. The first-order chi connectivity index (χ1) is 11.8. The summed E-state index contributed by atoms with van der Waals surface area (Å²) in [6.45, 7) is 3.53. The van der Waals surface area contributed by atoms with Crippen LogP contribution in [0.5, 0.6) is 0 Å². The van der Waals surface area contributed by atoms with Crippen LogP contribution in [-0.4, -0.2) is 16.9 Å². The van der Waals surface area contributed by atoms with Crippen LogP contribution in [0.1, 0.15) is 57.9 Å². The van der Waals surface area contributed by atoms with Gasteiger partial charge in [0.25, 0.3) is 0 Å². The molecule has 1 atom stereocenters. The van der Waals surface area contributed by atoms with Crippen molar-refractivity contribution in [3.05, 3.63) is 41.0 Å². The number of esters is 1. The molecule has 1 saturated carbocycles. The van der Waals surface area contributed by atoms with Crippen LogP contribution < -0.4 is 0 Å². The van der Waals surface area contributed by atoms with E-state index in [4.69, 9.17) is 4.74 Å². The molecule has 1 aromatic rings. The molecular formula is C20H24F2O3. The lowest BCUT2D eigenvalue weighted by Crippen LogP contribution is -2.32. The van der Waals surface area contributed by atoms with Crippen LogP contribution in [0.15, 0.2) is 23.8 Å². The zero-order valence-corrected chi connectivity index (χ0v) is 14.6. The molecule has 1 aliphatic carbocycles. The molecule has 136 valence electrons. The Kier molecular flexibility index (Phi) is 4.96. The van der Waals surface area contributed by atoms with Gasteiger partial charge in [-0.25, -0.2) is 13.6 Å². The first-order valence-corrected chi connectivity index (χ1v) is 8.99. The van der Waals surface area contributed by atoms with E-state index in [0.29, 0.717) is 11.5 Å². The molecule has 1 heterocycles. The minimum absolute atomic E-state index is 0.108. The fourth-order valence-electron chi connectivity index (χ4n) is 4.33. The number of cyclic esters (lactones) is 1. The van der Waals surface area contributed by atoms with Gasteiger partial charge in [-0.1, -0.05) is 25.8 Å². The zero-order valence-electron chi connectivity index (χ0n) is 14.6. The van der Waals surface area contributed by atoms with E-state index < -0.39 is 29.0 Å². The minimum Gasteiger partial charge on any atom is -0.426 e. The summed E-state index contributed by atoms with van der Waals surface area (Å²) in [6.07, 6.45) is 5.83. The van der Waals surface area contributed by atoms with Crippen molar-refractivity contribution >= 4 is 11.5 Å². The second-order valence-corrected chi connectivity index (χ2v) is 7.26. The average molecular weight is 350 g/mol. The molecule has 1 aromatic carbocycles. The van der Waals surface area contributed by atoms with E-state index in [-0.39, 0.29) is 11.5 Å². The summed E-state index contributed by atoms with van der Waals surface area (Å²) < 4.78 is 33.6. The number of hydrogen-bond acceptors (Lipinski definition) is 3. The van der Waals surface area contributed by atoms with Gasteiger partial charge in [0, 0.05) is 12.5 Å². The molecule has 0 amide bonds. The van der Waals surface area contributed by atoms with Crippen molar-refractivity contribution in [3.63, 3.8) is 0 Å². The number of benzene rings is 1. The molecule has 0 radical (unpaired) electrons. The van der Waals surface area contributed by atoms with Gasteiger partial charge in [-0.2, -0.15) is 0 Å². The molecule has 5 heteroatoms. The highest BCUT2D eigenvalue weighted by molar-refractivity contribution is 6.20. The molecule has 0 spiro atoms. The number of aliphatic hydroxyl groups is 1. The Labute approximate surface area is 146 Å². The summed E-state index contributed by atoms with van der Waals surface area (Å²) in [4.78, 5) is 12.3. The van der Waals surface area contributed by atoms with Crippen molar-refractivity contribution in [2.75, 3.05) is 0 Å². The summed E-state index contributed by atoms with van der Waals surface area (Å²) in [7, 11) is 0. The maximum Gasteiger partial charge on any atom is 0.341 e. The van der Waals surface area contributed by atoms with Crippen molar-refractivity contribution in [2.45, 2.75) is 58.2 Å². The maximum absolute atomic E-state index is 14.3. The molecule has 3 rings (SSSR count). The fraction of sp³-hybridized carbons (Fsp3) is 0.550. The summed E-state index contributed by atoms with van der Waals surface area (Å²) in [5.41, 5.74) is -0.202. The lowest BCUT2D eigenvalue weighted by atomic mass is 9.74. The number of hydrogen-bond donors (Lipinski definition) is 1. The Hall–Kier alpha value is -1.75. The summed E-state index contributed by atoms with van der Waals surface area (Å²) in [5, 5.41) is 10.6. The lowest BCUT2D eigenvalue weighted by Gasteiger charge is -2.33. The van der Waals surface area contributed by atoms with Gasteiger partial charge in [0.1, 0.15) is 11.6 Å². The summed E-state index contributed by atoms with van der Waals surface area (Å²) in [5.74, 6) is -3.78. The third kappa shape index (κ3) is 3.34. The molecule has 1 unspecified atom stereocenters. The maximum atomic E-state index is 14.3. The van der Waals surface area contributed by atoms with Crippen molar-refractivity contribution in [3.8, 4) is 0 Å². The van der Waals surface area contributed by atoms with Gasteiger partial charge in [-0.15, -0.1) is 0 Å². The Morgan fingerprint density at radius 3 is 2.36 bits per heavy atom. The van der Waals surface area contributed by atoms with Crippen LogP contribution in [0.2, 0.25) is 0 Å². The Morgan fingerprint density at radius 1 is 1.20 bits per heavy atom. The summed E-state index contributed by atoms with van der Waals surface area (Å²) in [6, 6.07) is 3.48. The van der Waals surface area contributed by atoms with E-state index in [1.807, 2.05) is 0 Å². The van der Waals surface area contributed by atoms with Crippen molar-refractivity contribution in [1.29, 1.82) is 0 Å². The molecule has 2 aliphatic rings. The Morgan fingerprint density at radius 2 is 1.80 bits per heavy atom. The highest BCUT2D eigenvalue weighted by Gasteiger charge is 2.48. The third-order valence-electron chi connectivity index (χ3n) is 5.43. The van der Waals surface area contributed by atoms with Crippen LogP contribution in [0.25, 0.3) is 5.57 Å². The molecule has 1 fully saturated rings. The molecule has 0 bridgehead atoms. The van der Waals surface area contributed by atoms with Crippen molar-refractivity contribution in [1.82, 2.24) is 0 Å². The molecule has 0 saturated heterocycles. The molecule has 0 aromatic heterocycles. The van der Waals surface area contributed by atoms with E-state index >= 15 is 0 Å². The smallest absolute Gasteiger partial charge is 0.341 e.